The maximum absolute atomic E-state index is 4.51. The topological polar surface area (TPSA) is 43.6 Å². The maximum Gasteiger partial charge on any atom is 0.126 e. The summed E-state index contributed by atoms with van der Waals surface area (Å²) in [4.78, 5) is 8.95. The van der Waals surface area contributed by atoms with Crippen LogP contribution in [0, 0.1) is 19.8 Å². The molecule has 0 radical (unpaired) electrons. The molecule has 1 aliphatic carbocycles. The Hall–Kier alpha value is -2.75. The lowest BCUT2D eigenvalue weighted by molar-refractivity contribution is 0.633. The molecular formula is C24H30N4. The van der Waals surface area contributed by atoms with Crippen LogP contribution in [0.5, 0.6) is 0 Å². The largest absolute Gasteiger partial charge is 0.261 e. The van der Waals surface area contributed by atoms with Gasteiger partial charge in [0.25, 0.3) is 0 Å². The third-order valence-corrected chi connectivity index (χ3v) is 4.99. The zero-order valence-electron chi connectivity index (χ0n) is 17.6. The lowest BCUT2D eigenvalue weighted by Gasteiger charge is -2.15. The van der Waals surface area contributed by atoms with Gasteiger partial charge >= 0.3 is 0 Å². The van der Waals surface area contributed by atoms with Crippen molar-refractivity contribution in [3.8, 4) is 0 Å². The summed E-state index contributed by atoms with van der Waals surface area (Å²) in [5.74, 6) is 1.42. The molecule has 4 nitrogen and oxygen atoms in total. The Morgan fingerprint density at radius 3 is 2.54 bits per heavy atom. The number of aryl methyl sites for hydroxylation is 4. The van der Waals surface area contributed by atoms with Crippen LogP contribution in [0.15, 0.2) is 48.7 Å². The summed E-state index contributed by atoms with van der Waals surface area (Å²) in [6.07, 6.45) is 10.6. The van der Waals surface area contributed by atoms with Crippen molar-refractivity contribution < 1.29 is 0 Å². The maximum atomic E-state index is 4.51. The first-order chi connectivity index (χ1) is 13.6. The van der Waals surface area contributed by atoms with E-state index < -0.39 is 0 Å². The van der Waals surface area contributed by atoms with Gasteiger partial charge in [-0.25, -0.2) is 9.97 Å². The van der Waals surface area contributed by atoms with E-state index in [0.717, 1.165) is 41.9 Å². The molecule has 4 rings (SSSR count). The highest BCUT2D eigenvalue weighted by atomic mass is 15.3. The average Bonchev–Trinajstić information content (AvgIpc) is 3.11. The van der Waals surface area contributed by atoms with Crippen LogP contribution in [-0.4, -0.2) is 19.7 Å². The highest BCUT2D eigenvalue weighted by Gasteiger charge is 2.10. The van der Waals surface area contributed by atoms with Crippen molar-refractivity contribution in [3.05, 3.63) is 71.3 Å². The lowest BCUT2D eigenvalue weighted by atomic mass is 9.91. The van der Waals surface area contributed by atoms with Gasteiger partial charge in [0, 0.05) is 6.54 Å². The third kappa shape index (κ3) is 4.38. The Morgan fingerprint density at radius 1 is 1.07 bits per heavy atom. The molecule has 28 heavy (non-hydrogen) atoms. The predicted octanol–water partition coefficient (Wildman–Crippen LogP) is 5.69. The minimum atomic E-state index is 0.622. The summed E-state index contributed by atoms with van der Waals surface area (Å²) in [6.45, 7) is 11.0. The van der Waals surface area contributed by atoms with E-state index in [1.54, 1.807) is 0 Å². The van der Waals surface area contributed by atoms with Crippen LogP contribution in [0.4, 0.5) is 0 Å². The van der Waals surface area contributed by atoms with Crippen LogP contribution in [-0.2, 0) is 13.0 Å². The Morgan fingerprint density at radius 2 is 1.82 bits per heavy atom. The second-order valence-electron chi connectivity index (χ2n) is 7.16. The molecule has 0 bridgehead atoms. The van der Waals surface area contributed by atoms with Gasteiger partial charge in [-0.05, 0) is 49.3 Å². The van der Waals surface area contributed by atoms with E-state index in [0.29, 0.717) is 5.92 Å². The van der Waals surface area contributed by atoms with Gasteiger partial charge in [-0.3, -0.25) is 4.68 Å². The number of hydrogen-bond donors (Lipinski definition) is 0. The molecule has 1 unspecified atom stereocenters. The Labute approximate surface area is 168 Å². The standard InChI is InChI=1S/C22H24N4.C2H6/c1-15-5-4-6-20(13-15)19-9-7-18(8-10-19)11-12-26-22-16(2)24-17(3)25-21(22)14-23-26;1-2/h4-10,14-15H,11-13H2,1-3H3;1-2H3. The van der Waals surface area contributed by atoms with Gasteiger partial charge in [-0.1, -0.05) is 63.3 Å². The lowest BCUT2D eigenvalue weighted by Crippen LogP contribution is -2.05. The molecule has 4 heteroatoms. The van der Waals surface area contributed by atoms with Crippen LogP contribution < -0.4 is 0 Å². The summed E-state index contributed by atoms with van der Waals surface area (Å²) in [7, 11) is 0. The first kappa shape index (κ1) is 20.0. The Balaban J connectivity index is 0.00000109. The molecule has 2 heterocycles. The highest BCUT2D eigenvalue weighted by Crippen LogP contribution is 2.27. The molecule has 0 aliphatic heterocycles. The molecule has 146 valence electrons. The number of fused-ring (bicyclic) bond motifs is 1. The van der Waals surface area contributed by atoms with E-state index >= 15 is 0 Å². The quantitative estimate of drug-likeness (QED) is 0.589. The highest BCUT2D eigenvalue weighted by molar-refractivity contribution is 5.76. The molecule has 1 atom stereocenters. The summed E-state index contributed by atoms with van der Waals surface area (Å²) in [5.41, 5.74) is 7.04. The van der Waals surface area contributed by atoms with E-state index in [2.05, 4.69) is 64.5 Å². The summed E-state index contributed by atoms with van der Waals surface area (Å²) >= 11 is 0. The first-order valence-electron chi connectivity index (χ1n) is 10.2. The molecule has 0 saturated carbocycles. The van der Waals surface area contributed by atoms with Crippen molar-refractivity contribution in [2.24, 2.45) is 5.92 Å². The molecule has 1 aliphatic rings. The molecule has 1 aromatic carbocycles. The number of aromatic nitrogens is 4. The first-order valence-corrected chi connectivity index (χ1v) is 10.2. The number of benzene rings is 1. The molecule has 0 spiro atoms. The number of hydrogen-bond acceptors (Lipinski definition) is 3. The van der Waals surface area contributed by atoms with Crippen molar-refractivity contribution in [1.29, 1.82) is 0 Å². The average molecular weight is 375 g/mol. The van der Waals surface area contributed by atoms with Crippen molar-refractivity contribution >= 4 is 16.6 Å². The fourth-order valence-corrected chi connectivity index (χ4v) is 3.67. The van der Waals surface area contributed by atoms with E-state index in [-0.39, 0.29) is 0 Å². The van der Waals surface area contributed by atoms with E-state index in [1.807, 2.05) is 38.6 Å². The van der Waals surface area contributed by atoms with Gasteiger partial charge in [-0.2, -0.15) is 5.10 Å². The molecule has 0 fully saturated rings. The van der Waals surface area contributed by atoms with Crippen molar-refractivity contribution in [2.75, 3.05) is 0 Å². The fourth-order valence-electron chi connectivity index (χ4n) is 3.67. The third-order valence-electron chi connectivity index (χ3n) is 4.99. The van der Waals surface area contributed by atoms with Crippen molar-refractivity contribution in [2.45, 2.75) is 54.0 Å². The zero-order chi connectivity index (χ0) is 20.1. The van der Waals surface area contributed by atoms with Crippen molar-refractivity contribution in [1.82, 2.24) is 19.7 Å². The summed E-state index contributed by atoms with van der Waals surface area (Å²) in [5, 5.41) is 4.51. The fraction of sp³-hybridized carbons (Fsp3) is 0.375. The smallest absolute Gasteiger partial charge is 0.126 e. The van der Waals surface area contributed by atoms with Gasteiger partial charge in [0.1, 0.15) is 16.9 Å². The summed E-state index contributed by atoms with van der Waals surface area (Å²) < 4.78 is 2.02. The second kappa shape index (κ2) is 8.96. The van der Waals surface area contributed by atoms with Crippen LogP contribution in [0.3, 0.4) is 0 Å². The molecular weight excluding hydrogens is 344 g/mol. The summed E-state index contributed by atoms with van der Waals surface area (Å²) in [6, 6.07) is 8.95. The second-order valence-corrected chi connectivity index (χ2v) is 7.16. The minimum absolute atomic E-state index is 0.622. The van der Waals surface area contributed by atoms with E-state index in [4.69, 9.17) is 0 Å². The van der Waals surface area contributed by atoms with Crippen LogP contribution in [0.2, 0.25) is 0 Å². The zero-order valence-corrected chi connectivity index (χ0v) is 17.6. The number of allylic oxidation sites excluding steroid dienone is 4. The predicted molar refractivity (Wildman–Crippen MR) is 117 cm³/mol. The normalized spacial score (nSPS) is 15.9. The van der Waals surface area contributed by atoms with Crippen LogP contribution in [0.25, 0.3) is 16.6 Å². The van der Waals surface area contributed by atoms with Gasteiger partial charge in [0.05, 0.1) is 11.9 Å². The SMILES string of the molecule is CC.Cc1nc(C)c2c(cnn2CCc2ccc(C3=CC=CC(C)C3)cc2)n1. The molecule has 0 saturated heterocycles. The molecule has 3 aromatic rings. The Kier molecular flexibility index (Phi) is 6.40. The van der Waals surface area contributed by atoms with Gasteiger partial charge in [-0.15, -0.1) is 0 Å². The van der Waals surface area contributed by atoms with E-state index in [9.17, 15) is 0 Å². The molecule has 2 aromatic heterocycles. The number of nitrogens with zero attached hydrogens (tertiary/aromatic N) is 4. The van der Waals surface area contributed by atoms with Crippen LogP contribution >= 0.6 is 0 Å². The van der Waals surface area contributed by atoms with Crippen molar-refractivity contribution in [3.63, 3.8) is 0 Å². The number of rotatable bonds is 4. The molecule has 0 N–H and O–H groups in total. The van der Waals surface area contributed by atoms with E-state index in [1.165, 1.54) is 16.7 Å². The Bertz CT molecular complexity index is 993. The van der Waals surface area contributed by atoms with Gasteiger partial charge in [0.15, 0.2) is 0 Å². The van der Waals surface area contributed by atoms with Gasteiger partial charge < -0.3 is 0 Å². The minimum Gasteiger partial charge on any atom is -0.261 e. The monoisotopic (exact) mass is 374 g/mol. The van der Waals surface area contributed by atoms with Crippen LogP contribution in [0.1, 0.15) is 49.8 Å². The molecule has 0 amide bonds. The van der Waals surface area contributed by atoms with Gasteiger partial charge in [0.2, 0.25) is 0 Å².